The molecule has 0 bridgehead atoms. The molecule has 0 aliphatic carbocycles. The number of aromatic amines is 1. The maximum Gasteiger partial charge on any atom is 0.259 e. The van der Waals surface area contributed by atoms with Gasteiger partial charge in [-0.25, -0.2) is 9.67 Å². The van der Waals surface area contributed by atoms with Crippen molar-refractivity contribution in [3.8, 4) is 28.7 Å². The number of rotatable bonds is 3. The highest BCUT2D eigenvalue weighted by Crippen LogP contribution is 2.27. The molecule has 29 heavy (non-hydrogen) atoms. The molecule has 0 radical (unpaired) electrons. The third kappa shape index (κ3) is 3.00. The van der Waals surface area contributed by atoms with Gasteiger partial charge in [0, 0.05) is 34.4 Å². The van der Waals surface area contributed by atoms with Gasteiger partial charge in [0.15, 0.2) is 5.82 Å². The number of pyridine rings is 2. The fraction of sp³-hybridized carbons (Fsp3) is 0.0952. The Morgan fingerprint density at radius 2 is 1.93 bits per heavy atom. The van der Waals surface area contributed by atoms with E-state index in [1.54, 1.807) is 10.9 Å². The molecular weight excluding hydrogens is 368 g/mol. The van der Waals surface area contributed by atoms with E-state index in [-0.39, 0.29) is 11.4 Å². The number of para-hydroxylation sites is 1. The quantitative estimate of drug-likeness (QED) is 0.511. The van der Waals surface area contributed by atoms with E-state index in [1.165, 1.54) is 6.07 Å². The van der Waals surface area contributed by atoms with Crippen molar-refractivity contribution in [2.45, 2.75) is 13.8 Å². The summed E-state index contributed by atoms with van der Waals surface area (Å²) in [6.07, 6.45) is 1.68. The van der Waals surface area contributed by atoms with Crippen molar-refractivity contribution in [3.05, 3.63) is 76.5 Å². The molecule has 0 spiro atoms. The van der Waals surface area contributed by atoms with E-state index in [4.69, 9.17) is 4.52 Å². The normalized spacial score (nSPS) is 11.2. The van der Waals surface area contributed by atoms with Gasteiger partial charge in [0.25, 0.3) is 5.89 Å². The molecule has 0 aliphatic rings. The lowest BCUT2D eigenvalue weighted by molar-refractivity contribution is 0.432. The molecule has 1 aromatic carbocycles. The molecule has 0 aliphatic heterocycles. The number of fused-ring (bicyclic) bond motifs is 1. The molecule has 0 unspecified atom stereocenters. The van der Waals surface area contributed by atoms with Gasteiger partial charge in [-0.3, -0.25) is 4.79 Å². The minimum Gasteiger partial charge on any atom is -0.334 e. The van der Waals surface area contributed by atoms with Crippen LogP contribution in [0.2, 0.25) is 0 Å². The number of aromatic nitrogens is 6. The summed E-state index contributed by atoms with van der Waals surface area (Å²) in [5, 5.41) is 9.33. The third-order valence-electron chi connectivity index (χ3n) is 4.64. The summed E-state index contributed by atoms with van der Waals surface area (Å²) >= 11 is 0. The smallest absolute Gasteiger partial charge is 0.259 e. The van der Waals surface area contributed by atoms with E-state index in [9.17, 15) is 4.79 Å². The van der Waals surface area contributed by atoms with E-state index in [0.29, 0.717) is 28.3 Å². The van der Waals surface area contributed by atoms with Crippen molar-refractivity contribution in [2.75, 3.05) is 0 Å². The Bertz CT molecular complexity index is 1390. The van der Waals surface area contributed by atoms with E-state index in [0.717, 1.165) is 16.8 Å². The van der Waals surface area contributed by atoms with Crippen LogP contribution in [0.5, 0.6) is 0 Å². The molecule has 1 N–H and O–H groups in total. The predicted molar refractivity (Wildman–Crippen MR) is 108 cm³/mol. The second-order valence-electron chi connectivity index (χ2n) is 6.76. The first-order valence-electron chi connectivity index (χ1n) is 9.05. The number of benzene rings is 1. The Hall–Kier alpha value is -4.07. The molecule has 0 atom stereocenters. The van der Waals surface area contributed by atoms with Crippen LogP contribution in [0.25, 0.3) is 39.6 Å². The topological polar surface area (TPSA) is 102 Å². The SMILES string of the molecule is Cc1cc(C)n(-c2ccc(-c3noc(-c4cc(=O)[nH]c5ccccc45)n3)cn2)n1. The van der Waals surface area contributed by atoms with Gasteiger partial charge in [-0.05, 0) is 38.1 Å². The highest BCUT2D eigenvalue weighted by atomic mass is 16.5. The Morgan fingerprint density at radius 3 is 2.69 bits per heavy atom. The van der Waals surface area contributed by atoms with Gasteiger partial charge in [-0.15, -0.1) is 0 Å². The van der Waals surface area contributed by atoms with Crippen LogP contribution in [0.1, 0.15) is 11.4 Å². The standard InChI is InChI=1S/C21H16N6O2/c1-12-9-13(2)27(25-12)18-8-7-14(11-22-18)20-24-21(29-26-20)16-10-19(28)23-17-6-4-3-5-15(16)17/h3-11H,1-2H3,(H,23,28). The molecule has 0 fully saturated rings. The summed E-state index contributed by atoms with van der Waals surface area (Å²) in [5.41, 5.74) is 3.72. The Morgan fingerprint density at radius 1 is 1.07 bits per heavy atom. The van der Waals surface area contributed by atoms with Crippen LogP contribution in [0.3, 0.4) is 0 Å². The van der Waals surface area contributed by atoms with Crippen LogP contribution < -0.4 is 5.56 Å². The molecule has 4 aromatic heterocycles. The average molecular weight is 384 g/mol. The minimum absolute atomic E-state index is 0.227. The van der Waals surface area contributed by atoms with Crippen LogP contribution in [-0.4, -0.2) is 29.9 Å². The van der Waals surface area contributed by atoms with Crippen molar-refractivity contribution < 1.29 is 4.52 Å². The number of H-pyrrole nitrogens is 1. The van der Waals surface area contributed by atoms with Crippen LogP contribution in [0.15, 0.2) is 64.0 Å². The lowest BCUT2D eigenvalue weighted by Crippen LogP contribution is -2.04. The van der Waals surface area contributed by atoms with Gasteiger partial charge < -0.3 is 9.51 Å². The molecule has 0 saturated heterocycles. The summed E-state index contributed by atoms with van der Waals surface area (Å²) in [6.45, 7) is 3.92. The molecular formula is C21H16N6O2. The molecule has 8 heteroatoms. The van der Waals surface area contributed by atoms with Crippen LogP contribution >= 0.6 is 0 Å². The van der Waals surface area contributed by atoms with Gasteiger partial charge in [0.1, 0.15) is 0 Å². The van der Waals surface area contributed by atoms with Crippen LogP contribution in [0.4, 0.5) is 0 Å². The van der Waals surface area contributed by atoms with E-state index in [2.05, 4.69) is 25.2 Å². The zero-order valence-electron chi connectivity index (χ0n) is 15.7. The first-order valence-corrected chi connectivity index (χ1v) is 9.05. The fourth-order valence-corrected chi connectivity index (χ4v) is 3.34. The number of nitrogens with one attached hydrogen (secondary N) is 1. The van der Waals surface area contributed by atoms with Crippen molar-refractivity contribution in [1.82, 2.24) is 29.9 Å². The summed E-state index contributed by atoms with van der Waals surface area (Å²) in [5.74, 6) is 1.39. The van der Waals surface area contributed by atoms with Gasteiger partial charge in [-0.2, -0.15) is 10.1 Å². The zero-order chi connectivity index (χ0) is 20.0. The first kappa shape index (κ1) is 17.1. The molecule has 4 heterocycles. The third-order valence-corrected chi connectivity index (χ3v) is 4.64. The van der Waals surface area contributed by atoms with Crippen LogP contribution in [0, 0.1) is 13.8 Å². The number of aryl methyl sites for hydroxylation is 2. The largest absolute Gasteiger partial charge is 0.334 e. The molecule has 0 saturated carbocycles. The maximum absolute atomic E-state index is 12.0. The fourth-order valence-electron chi connectivity index (χ4n) is 3.34. The van der Waals surface area contributed by atoms with E-state index < -0.39 is 0 Å². The number of hydrogen-bond acceptors (Lipinski definition) is 6. The Kier molecular flexibility index (Phi) is 3.83. The first-order chi connectivity index (χ1) is 14.1. The van der Waals surface area contributed by atoms with E-state index in [1.807, 2.05) is 56.3 Å². The second-order valence-corrected chi connectivity index (χ2v) is 6.76. The lowest BCUT2D eigenvalue weighted by Gasteiger charge is -2.03. The van der Waals surface area contributed by atoms with Crippen LogP contribution in [-0.2, 0) is 0 Å². The Balaban J connectivity index is 1.53. The van der Waals surface area contributed by atoms with Crippen molar-refractivity contribution in [3.63, 3.8) is 0 Å². The number of hydrogen-bond donors (Lipinski definition) is 1. The minimum atomic E-state index is -0.227. The maximum atomic E-state index is 12.0. The summed E-state index contributed by atoms with van der Waals surface area (Å²) < 4.78 is 7.23. The summed E-state index contributed by atoms with van der Waals surface area (Å²) in [6, 6.07) is 14.7. The van der Waals surface area contributed by atoms with Crippen molar-refractivity contribution >= 4 is 10.9 Å². The Labute approximate surface area is 164 Å². The summed E-state index contributed by atoms with van der Waals surface area (Å²) in [7, 11) is 0. The van der Waals surface area contributed by atoms with Gasteiger partial charge in [-0.1, -0.05) is 23.4 Å². The highest BCUT2D eigenvalue weighted by molar-refractivity contribution is 5.92. The second kappa shape index (κ2) is 6.52. The lowest BCUT2D eigenvalue weighted by atomic mass is 10.1. The van der Waals surface area contributed by atoms with E-state index >= 15 is 0 Å². The van der Waals surface area contributed by atoms with Crippen molar-refractivity contribution in [2.24, 2.45) is 0 Å². The molecule has 142 valence electrons. The molecule has 0 amide bonds. The summed E-state index contributed by atoms with van der Waals surface area (Å²) in [4.78, 5) is 23.7. The van der Waals surface area contributed by atoms with Gasteiger partial charge in [0.05, 0.1) is 11.3 Å². The van der Waals surface area contributed by atoms with Gasteiger partial charge >= 0.3 is 0 Å². The average Bonchev–Trinajstić information content (AvgIpc) is 3.34. The molecule has 5 rings (SSSR count). The molecule has 5 aromatic rings. The zero-order valence-corrected chi connectivity index (χ0v) is 15.7. The monoisotopic (exact) mass is 384 g/mol. The highest BCUT2D eigenvalue weighted by Gasteiger charge is 2.15. The van der Waals surface area contributed by atoms with Crippen molar-refractivity contribution in [1.29, 1.82) is 0 Å². The molecule has 8 nitrogen and oxygen atoms in total. The predicted octanol–water partition coefficient (Wildman–Crippen LogP) is 3.44. The number of nitrogens with zero attached hydrogens (tertiary/aromatic N) is 5. The van der Waals surface area contributed by atoms with Gasteiger partial charge in [0.2, 0.25) is 11.4 Å².